The van der Waals surface area contributed by atoms with Crippen molar-refractivity contribution in [2.24, 2.45) is 5.92 Å². The molecular weight excluding hydrogens is 376 g/mol. The number of likely N-dealkylation sites (tertiary alicyclic amines) is 1. The molecule has 0 saturated carbocycles. The number of benzene rings is 2. The lowest BCUT2D eigenvalue weighted by Crippen LogP contribution is -2.47. The molecule has 6 heteroatoms. The molecule has 0 unspecified atom stereocenters. The molecule has 2 fully saturated rings. The van der Waals surface area contributed by atoms with E-state index in [0.29, 0.717) is 0 Å². The lowest BCUT2D eigenvalue weighted by molar-refractivity contribution is -0.119. The lowest BCUT2D eigenvalue weighted by atomic mass is 10.1. The van der Waals surface area contributed by atoms with Crippen LogP contribution in [-0.4, -0.2) is 66.6 Å². The van der Waals surface area contributed by atoms with Crippen LogP contribution in [0, 0.1) is 5.92 Å². The number of nitrogens with one attached hydrogen (secondary N) is 1. The zero-order valence-electron chi connectivity index (χ0n) is 17.3. The molecule has 2 aliphatic heterocycles. The summed E-state index contributed by atoms with van der Waals surface area (Å²) in [6.45, 7) is 10.8. The van der Waals surface area contributed by atoms with E-state index in [2.05, 4.69) is 56.9 Å². The second kappa shape index (κ2) is 9.22. The van der Waals surface area contributed by atoms with Gasteiger partial charge in [0.05, 0.1) is 5.92 Å². The van der Waals surface area contributed by atoms with Gasteiger partial charge >= 0.3 is 0 Å². The summed E-state index contributed by atoms with van der Waals surface area (Å²) >= 11 is 0. The zero-order valence-corrected chi connectivity index (χ0v) is 17.3. The van der Waals surface area contributed by atoms with Gasteiger partial charge in [-0.25, -0.2) is 0 Å². The molecule has 0 aromatic heterocycles. The Bertz CT molecular complexity index is 861. The number of anilines is 2. The summed E-state index contributed by atoms with van der Waals surface area (Å²) in [6, 6.07) is 17.2. The molecule has 2 aliphatic rings. The molecule has 4 rings (SSSR count). The first-order chi connectivity index (χ1) is 14.6. The Morgan fingerprint density at radius 3 is 2.40 bits per heavy atom. The standard InChI is InChI=1S/C24H30N4O2/c1-19(27-13-15-28(16-14-27)22-5-3-2-4-6-22)17-26-12-11-20(18-26)24(30)25-21-7-9-23(29)10-8-21/h2-10,20,29H,1,11-18H2,(H,25,30)/t20-/m1/s1. The number of amides is 1. The molecule has 0 bridgehead atoms. The van der Waals surface area contributed by atoms with Crippen LogP contribution in [0.15, 0.2) is 66.9 Å². The minimum Gasteiger partial charge on any atom is -0.508 e. The number of carbonyl (C=O) groups excluding carboxylic acids is 1. The zero-order chi connectivity index (χ0) is 20.9. The maximum atomic E-state index is 12.6. The third-order valence-corrected chi connectivity index (χ3v) is 6.03. The smallest absolute Gasteiger partial charge is 0.228 e. The molecule has 2 aromatic rings. The minimum absolute atomic E-state index is 0.0125. The second-order valence-corrected chi connectivity index (χ2v) is 8.13. The van der Waals surface area contributed by atoms with Crippen LogP contribution >= 0.6 is 0 Å². The van der Waals surface area contributed by atoms with Gasteiger partial charge in [0.25, 0.3) is 0 Å². The molecular formula is C24H30N4O2. The summed E-state index contributed by atoms with van der Waals surface area (Å²) in [4.78, 5) is 19.7. The van der Waals surface area contributed by atoms with Crippen LogP contribution in [0.25, 0.3) is 0 Å². The summed E-state index contributed by atoms with van der Waals surface area (Å²) in [7, 11) is 0. The molecule has 1 atom stereocenters. The van der Waals surface area contributed by atoms with E-state index in [0.717, 1.165) is 63.6 Å². The molecule has 1 amide bonds. The highest BCUT2D eigenvalue weighted by Crippen LogP contribution is 2.22. The Kier molecular flexibility index (Phi) is 6.23. The van der Waals surface area contributed by atoms with Gasteiger partial charge in [-0.05, 0) is 49.4 Å². The summed E-state index contributed by atoms with van der Waals surface area (Å²) in [5.74, 6) is 0.231. The van der Waals surface area contributed by atoms with E-state index in [1.807, 2.05) is 0 Å². The molecule has 2 N–H and O–H groups in total. The van der Waals surface area contributed by atoms with E-state index in [1.165, 1.54) is 5.69 Å². The molecule has 6 nitrogen and oxygen atoms in total. The van der Waals surface area contributed by atoms with E-state index < -0.39 is 0 Å². The van der Waals surface area contributed by atoms with E-state index >= 15 is 0 Å². The Morgan fingerprint density at radius 1 is 1.00 bits per heavy atom. The Morgan fingerprint density at radius 2 is 1.70 bits per heavy atom. The number of piperazine rings is 1. The summed E-state index contributed by atoms with van der Waals surface area (Å²) in [5.41, 5.74) is 3.14. The van der Waals surface area contributed by atoms with Crippen molar-refractivity contribution in [3.8, 4) is 5.75 Å². The van der Waals surface area contributed by atoms with E-state index in [1.54, 1.807) is 24.3 Å². The first-order valence-corrected chi connectivity index (χ1v) is 10.6. The SMILES string of the molecule is C=C(CN1CC[C@@H](C(=O)Nc2ccc(O)cc2)C1)N1CCN(c2ccccc2)CC1. The van der Waals surface area contributed by atoms with Crippen molar-refractivity contribution in [1.82, 2.24) is 9.80 Å². The number of carbonyl (C=O) groups is 1. The molecule has 0 radical (unpaired) electrons. The molecule has 30 heavy (non-hydrogen) atoms. The highest BCUT2D eigenvalue weighted by atomic mass is 16.3. The van der Waals surface area contributed by atoms with Crippen LogP contribution < -0.4 is 10.2 Å². The quantitative estimate of drug-likeness (QED) is 0.723. The van der Waals surface area contributed by atoms with Gasteiger partial charge < -0.3 is 20.2 Å². The summed E-state index contributed by atoms with van der Waals surface area (Å²) in [5, 5.41) is 12.3. The predicted molar refractivity (Wildman–Crippen MR) is 121 cm³/mol. The molecule has 158 valence electrons. The number of aromatic hydroxyl groups is 1. The first kappa shape index (κ1) is 20.3. The highest BCUT2D eigenvalue weighted by molar-refractivity contribution is 5.92. The summed E-state index contributed by atoms with van der Waals surface area (Å²) < 4.78 is 0. The van der Waals surface area contributed by atoms with Gasteiger partial charge in [-0.1, -0.05) is 24.8 Å². The average Bonchev–Trinajstić information content (AvgIpc) is 3.25. The fourth-order valence-electron chi connectivity index (χ4n) is 4.26. The number of hydrogen-bond donors (Lipinski definition) is 2. The van der Waals surface area contributed by atoms with Crippen LogP contribution in [0.2, 0.25) is 0 Å². The van der Waals surface area contributed by atoms with Crippen LogP contribution in [-0.2, 0) is 4.79 Å². The molecule has 0 aliphatic carbocycles. The fourth-order valence-corrected chi connectivity index (χ4v) is 4.26. The predicted octanol–water partition coefficient (Wildman–Crippen LogP) is 2.99. The van der Waals surface area contributed by atoms with Crippen LogP contribution in [0.1, 0.15) is 6.42 Å². The van der Waals surface area contributed by atoms with Crippen LogP contribution in [0.4, 0.5) is 11.4 Å². The highest BCUT2D eigenvalue weighted by Gasteiger charge is 2.29. The van der Waals surface area contributed by atoms with Crippen molar-refractivity contribution in [1.29, 1.82) is 0 Å². The molecule has 2 saturated heterocycles. The average molecular weight is 407 g/mol. The molecule has 2 heterocycles. The molecule has 0 spiro atoms. The van der Waals surface area contributed by atoms with Gasteiger partial charge in [-0.2, -0.15) is 0 Å². The van der Waals surface area contributed by atoms with Crippen molar-refractivity contribution in [2.75, 3.05) is 56.0 Å². The van der Waals surface area contributed by atoms with Crippen LogP contribution in [0.3, 0.4) is 0 Å². The van der Waals surface area contributed by atoms with Gasteiger partial charge in [-0.3, -0.25) is 9.69 Å². The van der Waals surface area contributed by atoms with Crippen molar-refractivity contribution >= 4 is 17.3 Å². The maximum Gasteiger partial charge on any atom is 0.228 e. The third-order valence-electron chi connectivity index (χ3n) is 6.03. The first-order valence-electron chi connectivity index (χ1n) is 10.6. The van der Waals surface area contributed by atoms with E-state index in [9.17, 15) is 9.90 Å². The van der Waals surface area contributed by atoms with Crippen LogP contribution in [0.5, 0.6) is 5.75 Å². The lowest BCUT2D eigenvalue weighted by Gasteiger charge is -2.39. The number of hydrogen-bond acceptors (Lipinski definition) is 5. The number of rotatable bonds is 6. The number of phenols is 1. The van der Waals surface area contributed by atoms with Crippen molar-refractivity contribution in [3.63, 3.8) is 0 Å². The fraction of sp³-hybridized carbons (Fsp3) is 0.375. The Labute approximate surface area is 178 Å². The number of phenolic OH excluding ortho intramolecular Hbond substituents is 1. The minimum atomic E-state index is -0.0125. The van der Waals surface area contributed by atoms with Gasteiger partial charge in [-0.15, -0.1) is 0 Å². The Balaban J connectivity index is 1.22. The van der Waals surface area contributed by atoms with E-state index in [4.69, 9.17) is 0 Å². The normalized spacial score (nSPS) is 19.7. The second-order valence-electron chi connectivity index (χ2n) is 8.13. The maximum absolute atomic E-state index is 12.6. The monoisotopic (exact) mass is 406 g/mol. The van der Waals surface area contributed by atoms with Gasteiger partial charge in [0.15, 0.2) is 0 Å². The van der Waals surface area contributed by atoms with Gasteiger partial charge in [0, 0.05) is 56.3 Å². The molecule has 2 aromatic carbocycles. The third kappa shape index (κ3) is 4.94. The summed E-state index contributed by atoms with van der Waals surface area (Å²) in [6.07, 6.45) is 0.860. The van der Waals surface area contributed by atoms with Crippen molar-refractivity contribution < 1.29 is 9.90 Å². The Hall–Kier alpha value is -2.99. The van der Waals surface area contributed by atoms with Crippen molar-refractivity contribution in [3.05, 3.63) is 66.9 Å². The topological polar surface area (TPSA) is 59.1 Å². The van der Waals surface area contributed by atoms with Gasteiger partial charge in [0.2, 0.25) is 5.91 Å². The largest absolute Gasteiger partial charge is 0.508 e. The number of para-hydroxylation sites is 1. The van der Waals surface area contributed by atoms with Crippen molar-refractivity contribution in [2.45, 2.75) is 6.42 Å². The number of nitrogens with zero attached hydrogens (tertiary/aromatic N) is 3. The van der Waals surface area contributed by atoms with E-state index in [-0.39, 0.29) is 17.6 Å². The van der Waals surface area contributed by atoms with Gasteiger partial charge in [0.1, 0.15) is 5.75 Å².